The second-order valence-electron chi connectivity index (χ2n) is 6.49. The number of rotatable bonds is 4. The third kappa shape index (κ3) is 4.00. The van der Waals surface area contributed by atoms with E-state index in [9.17, 15) is 9.18 Å². The van der Waals surface area contributed by atoms with E-state index in [-0.39, 0.29) is 18.3 Å². The van der Waals surface area contributed by atoms with Crippen molar-refractivity contribution in [3.8, 4) is 5.75 Å². The molecule has 1 aromatic rings. The second kappa shape index (κ2) is 7.27. The van der Waals surface area contributed by atoms with Gasteiger partial charge in [0.1, 0.15) is 11.6 Å². The average Bonchev–Trinajstić information content (AvgIpc) is 3.00. The number of hydrogen-bond acceptors (Lipinski definition) is 4. The molecule has 0 saturated carbocycles. The maximum Gasteiger partial charge on any atom is 0.260 e. The van der Waals surface area contributed by atoms with E-state index in [2.05, 4.69) is 17.8 Å². The first-order valence-corrected chi connectivity index (χ1v) is 8.28. The van der Waals surface area contributed by atoms with E-state index in [1.54, 1.807) is 0 Å². The quantitative estimate of drug-likeness (QED) is 0.884. The number of nitrogens with one attached hydrogen (secondary N) is 2. The van der Waals surface area contributed by atoms with Crippen LogP contribution in [0.2, 0.25) is 0 Å². The summed E-state index contributed by atoms with van der Waals surface area (Å²) in [5, 5.41) is 0. The molecule has 5 nitrogen and oxygen atoms in total. The summed E-state index contributed by atoms with van der Waals surface area (Å²) in [6, 6.07) is 6.23. The minimum atomic E-state index is -0.310. The highest BCUT2D eigenvalue weighted by Crippen LogP contribution is 2.26. The van der Waals surface area contributed by atoms with Gasteiger partial charge in [-0.15, -0.1) is 0 Å². The van der Waals surface area contributed by atoms with Crippen molar-refractivity contribution in [1.29, 1.82) is 0 Å². The Bertz CT molecular complexity index is 529. The van der Waals surface area contributed by atoms with Crippen LogP contribution in [0.15, 0.2) is 24.3 Å². The molecule has 2 aliphatic heterocycles. The highest BCUT2D eigenvalue weighted by molar-refractivity contribution is 5.77. The van der Waals surface area contributed by atoms with E-state index in [4.69, 9.17) is 4.74 Å². The van der Waals surface area contributed by atoms with Crippen LogP contribution in [0.5, 0.6) is 5.75 Å². The summed E-state index contributed by atoms with van der Waals surface area (Å²) in [4.78, 5) is 14.1. The van der Waals surface area contributed by atoms with Crippen LogP contribution >= 0.6 is 0 Å². The zero-order chi connectivity index (χ0) is 16.2. The molecule has 2 saturated heterocycles. The van der Waals surface area contributed by atoms with E-state index < -0.39 is 0 Å². The number of benzene rings is 1. The molecule has 6 heteroatoms. The summed E-state index contributed by atoms with van der Waals surface area (Å²) in [6.07, 6.45) is 2.04. The standard InChI is InChI=1S/C17H24FN3O2/c1-12-10-19-20-17(12)13-6-8-21(9-7-13)16(22)11-23-15-4-2-14(18)3-5-15/h2-5,12-13,17,19-20H,6-11H2,1H3. The molecule has 3 rings (SSSR count). The lowest BCUT2D eigenvalue weighted by Gasteiger charge is -2.35. The summed E-state index contributed by atoms with van der Waals surface area (Å²) >= 11 is 0. The van der Waals surface area contributed by atoms with Gasteiger partial charge in [0.05, 0.1) is 0 Å². The third-order valence-corrected chi connectivity index (χ3v) is 4.88. The molecule has 0 spiro atoms. The molecule has 0 bridgehead atoms. The number of hydrogen-bond donors (Lipinski definition) is 2. The summed E-state index contributed by atoms with van der Waals surface area (Å²) in [5.74, 6) is 1.45. The molecule has 2 heterocycles. The van der Waals surface area contributed by atoms with Gasteiger partial charge in [0.25, 0.3) is 5.91 Å². The largest absolute Gasteiger partial charge is 0.484 e. The van der Waals surface area contributed by atoms with Gasteiger partial charge < -0.3 is 9.64 Å². The minimum absolute atomic E-state index is 0.00155. The smallest absolute Gasteiger partial charge is 0.260 e. The number of ether oxygens (including phenoxy) is 1. The van der Waals surface area contributed by atoms with Crippen molar-refractivity contribution in [3.63, 3.8) is 0 Å². The molecule has 2 aliphatic rings. The van der Waals surface area contributed by atoms with Gasteiger partial charge in [-0.2, -0.15) is 0 Å². The number of hydrazine groups is 1. The van der Waals surface area contributed by atoms with Crippen LogP contribution in [-0.4, -0.2) is 43.1 Å². The number of likely N-dealkylation sites (tertiary alicyclic amines) is 1. The molecule has 2 N–H and O–H groups in total. The predicted molar refractivity (Wildman–Crippen MR) is 85.3 cm³/mol. The van der Waals surface area contributed by atoms with Crippen LogP contribution in [0, 0.1) is 17.7 Å². The fraction of sp³-hybridized carbons (Fsp3) is 0.588. The maximum atomic E-state index is 12.8. The summed E-state index contributed by atoms with van der Waals surface area (Å²) < 4.78 is 18.3. The molecule has 2 atom stereocenters. The zero-order valence-electron chi connectivity index (χ0n) is 13.4. The Morgan fingerprint density at radius 1 is 1.30 bits per heavy atom. The molecule has 1 aromatic carbocycles. The Kier molecular flexibility index (Phi) is 5.13. The molecule has 0 radical (unpaired) electrons. The Labute approximate surface area is 136 Å². The van der Waals surface area contributed by atoms with Crippen LogP contribution in [0.25, 0.3) is 0 Å². The monoisotopic (exact) mass is 321 g/mol. The average molecular weight is 321 g/mol. The number of piperidine rings is 1. The van der Waals surface area contributed by atoms with Gasteiger partial charge in [-0.05, 0) is 48.9 Å². The molecule has 0 aromatic heterocycles. The van der Waals surface area contributed by atoms with Gasteiger partial charge in [0, 0.05) is 25.7 Å². The Morgan fingerprint density at radius 2 is 2.00 bits per heavy atom. The van der Waals surface area contributed by atoms with Crippen LogP contribution in [-0.2, 0) is 4.79 Å². The highest BCUT2D eigenvalue weighted by Gasteiger charge is 2.33. The summed E-state index contributed by atoms with van der Waals surface area (Å²) in [6.45, 7) is 4.83. The Morgan fingerprint density at radius 3 is 2.61 bits per heavy atom. The summed E-state index contributed by atoms with van der Waals surface area (Å²) in [5.41, 5.74) is 6.58. The normalized spacial score (nSPS) is 25.6. The SMILES string of the molecule is CC1CNNC1C1CCN(C(=O)COc2ccc(F)cc2)CC1. The van der Waals surface area contributed by atoms with Crippen molar-refractivity contribution >= 4 is 5.91 Å². The second-order valence-corrected chi connectivity index (χ2v) is 6.49. The zero-order valence-corrected chi connectivity index (χ0v) is 13.4. The Balaban J connectivity index is 1.43. The van der Waals surface area contributed by atoms with Crippen molar-refractivity contribution < 1.29 is 13.9 Å². The van der Waals surface area contributed by atoms with Crippen molar-refractivity contribution in [2.45, 2.75) is 25.8 Å². The number of nitrogens with zero attached hydrogens (tertiary/aromatic N) is 1. The molecule has 2 fully saturated rings. The predicted octanol–water partition coefficient (Wildman–Crippen LogP) is 1.56. The number of amides is 1. The van der Waals surface area contributed by atoms with Gasteiger partial charge in [-0.1, -0.05) is 6.92 Å². The van der Waals surface area contributed by atoms with E-state index >= 15 is 0 Å². The fourth-order valence-electron chi connectivity index (χ4n) is 3.46. The van der Waals surface area contributed by atoms with Gasteiger partial charge in [0.15, 0.2) is 6.61 Å². The number of halogens is 1. The van der Waals surface area contributed by atoms with E-state index in [1.165, 1.54) is 24.3 Å². The lowest BCUT2D eigenvalue weighted by atomic mass is 9.84. The van der Waals surface area contributed by atoms with Crippen LogP contribution in [0.3, 0.4) is 0 Å². The van der Waals surface area contributed by atoms with E-state index in [0.717, 1.165) is 32.5 Å². The first-order chi connectivity index (χ1) is 11.1. The third-order valence-electron chi connectivity index (χ3n) is 4.88. The molecular formula is C17H24FN3O2. The molecule has 23 heavy (non-hydrogen) atoms. The lowest BCUT2D eigenvalue weighted by Crippen LogP contribution is -2.46. The topological polar surface area (TPSA) is 53.6 Å². The van der Waals surface area contributed by atoms with Crippen molar-refractivity contribution in [2.75, 3.05) is 26.2 Å². The number of carbonyl (C=O) groups is 1. The van der Waals surface area contributed by atoms with Gasteiger partial charge >= 0.3 is 0 Å². The lowest BCUT2D eigenvalue weighted by molar-refractivity contribution is -0.134. The molecular weight excluding hydrogens is 297 g/mol. The van der Waals surface area contributed by atoms with Gasteiger partial charge in [0.2, 0.25) is 0 Å². The van der Waals surface area contributed by atoms with Gasteiger partial charge in [-0.25, -0.2) is 4.39 Å². The van der Waals surface area contributed by atoms with Crippen LogP contribution < -0.4 is 15.6 Å². The van der Waals surface area contributed by atoms with Gasteiger partial charge in [-0.3, -0.25) is 15.6 Å². The van der Waals surface area contributed by atoms with Crippen LogP contribution in [0.1, 0.15) is 19.8 Å². The van der Waals surface area contributed by atoms with Crippen LogP contribution in [0.4, 0.5) is 4.39 Å². The molecule has 0 aliphatic carbocycles. The fourth-order valence-corrected chi connectivity index (χ4v) is 3.46. The van der Waals surface area contributed by atoms with E-state index in [0.29, 0.717) is 23.6 Å². The molecule has 2 unspecified atom stereocenters. The van der Waals surface area contributed by atoms with Crippen molar-refractivity contribution in [2.24, 2.45) is 11.8 Å². The first kappa shape index (κ1) is 16.2. The first-order valence-electron chi connectivity index (χ1n) is 8.28. The molecule has 126 valence electrons. The molecule has 1 amide bonds. The maximum absolute atomic E-state index is 12.8. The number of carbonyl (C=O) groups excluding carboxylic acids is 1. The highest BCUT2D eigenvalue weighted by atomic mass is 19.1. The van der Waals surface area contributed by atoms with E-state index in [1.807, 2.05) is 4.90 Å². The van der Waals surface area contributed by atoms with Crippen molar-refractivity contribution in [1.82, 2.24) is 15.8 Å². The van der Waals surface area contributed by atoms with Crippen molar-refractivity contribution in [3.05, 3.63) is 30.1 Å². The minimum Gasteiger partial charge on any atom is -0.484 e. The summed E-state index contributed by atoms with van der Waals surface area (Å²) in [7, 11) is 0. The Hall–Kier alpha value is -1.66.